The van der Waals surface area contributed by atoms with Crippen molar-refractivity contribution >= 4 is 47.5 Å². The number of carbonyl (C=O) groups excluding carboxylic acids is 3. The van der Waals surface area contributed by atoms with Crippen molar-refractivity contribution < 1.29 is 33.8 Å². The van der Waals surface area contributed by atoms with Crippen LogP contribution in [0.2, 0.25) is 0 Å². The lowest BCUT2D eigenvalue weighted by Gasteiger charge is -2.49. The minimum atomic E-state index is -1.21. The zero-order valence-corrected chi connectivity index (χ0v) is 20.5. The summed E-state index contributed by atoms with van der Waals surface area (Å²) >= 11 is 2.69. The molecule has 0 spiro atoms. The molecule has 15 heteroatoms. The molecular formula is C21H22N6O7S2. The third kappa shape index (κ3) is 5.32. The highest BCUT2D eigenvalue weighted by Gasteiger charge is 2.54. The van der Waals surface area contributed by atoms with Crippen LogP contribution in [0.3, 0.4) is 0 Å². The number of fused-ring (bicyclic) bond motifs is 1. The first kappa shape index (κ1) is 25.5. The molecule has 3 heterocycles. The van der Waals surface area contributed by atoms with Gasteiger partial charge in [-0.05, 0) is 30.2 Å². The Hall–Kier alpha value is -3.56. The van der Waals surface area contributed by atoms with Crippen molar-refractivity contribution in [3.63, 3.8) is 0 Å². The molecule has 0 radical (unpaired) electrons. The van der Waals surface area contributed by atoms with Gasteiger partial charge >= 0.3 is 12.1 Å². The average Bonchev–Trinajstić information content (AvgIpc) is 3.39. The summed E-state index contributed by atoms with van der Waals surface area (Å²) in [6.07, 6.45) is 0.676. The molecule has 2 aliphatic rings. The molecule has 1 aromatic carbocycles. The van der Waals surface area contributed by atoms with E-state index in [2.05, 4.69) is 20.7 Å². The van der Waals surface area contributed by atoms with Gasteiger partial charge in [0.15, 0.2) is 0 Å². The first-order valence-electron chi connectivity index (χ1n) is 10.7. The van der Waals surface area contributed by atoms with Crippen molar-refractivity contribution in [1.29, 1.82) is 0 Å². The van der Waals surface area contributed by atoms with Crippen LogP contribution in [0.5, 0.6) is 5.75 Å². The highest BCUT2D eigenvalue weighted by molar-refractivity contribution is 8.01. The van der Waals surface area contributed by atoms with Crippen molar-refractivity contribution in [3.8, 4) is 5.75 Å². The van der Waals surface area contributed by atoms with Gasteiger partial charge in [0.05, 0.1) is 12.8 Å². The molecule has 190 valence electrons. The molecule has 2 aromatic rings. The van der Waals surface area contributed by atoms with Crippen LogP contribution >= 0.6 is 23.5 Å². The number of carboxylic acids is 1. The number of nitrogens with zero attached hydrogens (tertiary/aromatic N) is 3. The van der Waals surface area contributed by atoms with Gasteiger partial charge in [-0.2, -0.15) is 0 Å². The summed E-state index contributed by atoms with van der Waals surface area (Å²) in [6, 6.07) is 3.98. The average molecular weight is 535 g/mol. The predicted octanol–water partition coefficient (Wildman–Crippen LogP) is 0.871. The third-order valence-corrected chi connectivity index (χ3v) is 7.67. The number of thioether (sulfide) groups is 2. The SMILES string of the molecule is CCOC(=O)Oc1ccc(C(N)C(=O)NC2C(=O)N3C(C(=O)O)=C(CSc4cnn[nH]4)CS[C@H]23)cc1. The first-order chi connectivity index (χ1) is 17.3. The number of hydrogen-bond acceptors (Lipinski definition) is 11. The Bertz CT molecular complexity index is 1190. The van der Waals surface area contributed by atoms with E-state index in [0.717, 1.165) is 0 Å². The Kier molecular flexibility index (Phi) is 7.81. The van der Waals surface area contributed by atoms with Crippen LogP contribution in [0, 0.1) is 0 Å². The second kappa shape index (κ2) is 11.0. The summed E-state index contributed by atoms with van der Waals surface area (Å²) in [7, 11) is 0. The van der Waals surface area contributed by atoms with E-state index in [9.17, 15) is 24.3 Å². The molecule has 2 unspecified atom stereocenters. The summed E-state index contributed by atoms with van der Waals surface area (Å²) in [5.41, 5.74) is 7.01. The molecule has 1 fully saturated rings. The zero-order valence-electron chi connectivity index (χ0n) is 18.9. The number of H-pyrrole nitrogens is 1. The number of amides is 2. The maximum atomic E-state index is 12.9. The summed E-state index contributed by atoms with van der Waals surface area (Å²) in [4.78, 5) is 50.2. The Morgan fingerprint density at radius 3 is 2.75 bits per heavy atom. The number of β-lactam (4-membered cyclic amide) rings is 1. The van der Waals surface area contributed by atoms with Gasteiger partial charge in [0.1, 0.15) is 33.9 Å². The molecule has 2 amide bonds. The number of rotatable bonds is 9. The Labute approximate surface area is 213 Å². The number of hydrogen-bond donors (Lipinski definition) is 4. The topological polar surface area (TPSA) is 190 Å². The molecule has 2 aliphatic heterocycles. The molecule has 4 rings (SSSR count). The molecule has 36 heavy (non-hydrogen) atoms. The summed E-state index contributed by atoms with van der Waals surface area (Å²) in [6.45, 7) is 1.82. The Balaban J connectivity index is 1.38. The smallest absolute Gasteiger partial charge is 0.477 e. The maximum Gasteiger partial charge on any atom is 0.513 e. The molecular weight excluding hydrogens is 512 g/mol. The highest BCUT2D eigenvalue weighted by atomic mass is 32.2. The number of aromatic amines is 1. The van der Waals surface area contributed by atoms with Gasteiger partial charge in [-0.25, -0.2) is 9.59 Å². The van der Waals surface area contributed by atoms with Crippen molar-refractivity contribution in [1.82, 2.24) is 25.6 Å². The van der Waals surface area contributed by atoms with Gasteiger partial charge in [0.2, 0.25) is 5.91 Å². The standard InChI is InChI=1S/C21H22N6O7S2/c1-2-33-21(32)34-12-5-3-10(4-6-12)14(22)17(28)24-15-18(29)27-16(20(30)31)11(9-36-19(15)27)8-35-13-7-23-26-25-13/h3-7,14-15,19H,2,8-9,22H2,1H3,(H,24,28)(H,30,31)(H,23,25,26)/t14?,15?,19-/m1/s1. The van der Waals surface area contributed by atoms with E-state index in [1.807, 2.05) is 0 Å². The molecule has 1 saturated heterocycles. The van der Waals surface area contributed by atoms with Gasteiger partial charge in [0, 0.05) is 11.5 Å². The van der Waals surface area contributed by atoms with Crippen LogP contribution in [-0.2, 0) is 19.1 Å². The Morgan fingerprint density at radius 1 is 1.36 bits per heavy atom. The fraction of sp³-hybridized carbons (Fsp3) is 0.333. The van der Waals surface area contributed by atoms with Gasteiger partial charge in [-0.3, -0.25) is 19.6 Å². The lowest BCUT2D eigenvalue weighted by molar-refractivity contribution is -0.150. The molecule has 0 aliphatic carbocycles. The molecule has 3 atom stereocenters. The van der Waals surface area contributed by atoms with Crippen LogP contribution in [0.4, 0.5) is 4.79 Å². The number of benzene rings is 1. The second-order valence-corrected chi connectivity index (χ2v) is 9.72. The largest absolute Gasteiger partial charge is 0.513 e. The van der Waals surface area contributed by atoms with E-state index < -0.39 is 41.4 Å². The number of aromatic nitrogens is 3. The monoisotopic (exact) mass is 534 g/mol. The predicted molar refractivity (Wildman–Crippen MR) is 128 cm³/mol. The minimum absolute atomic E-state index is 0.0734. The van der Waals surface area contributed by atoms with E-state index in [1.165, 1.54) is 58.9 Å². The second-order valence-electron chi connectivity index (χ2n) is 7.59. The normalized spacial score (nSPS) is 19.7. The molecule has 0 bridgehead atoms. The van der Waals surface area contributed by atoms with Crippen molar-refractivity contribution in [2.24, 2.45) is 5.73 Å². The van der Waals surface area contributed by atoms with Gasteiger partial charge in [-0.15, -0.1) is 28.6 Å². The van der Waals surface area contributed by atoms with Crippen LogP contribution in [0.25, 0.3) is 0 Å². The zero-order chi connectivity index (χ0) is 25.8. The summed E-state index contributed by atoms with van der Waals surface area (Å²) < 4.78 is 9.68. The van der Waals surface area contributed by atoms with E-state index in [1.54, 1.807) is 6.92 Å². The summed E-state index contributed by atoms with van der Waals surface area (Å²) in [5.74, 6) is -1.38. The van der Waals surface area contributed by atoms with Gasteiger partial charge in [-0.1, -0.05) is 17.3 Å². The molecule has 1 aromatic heterocycles. The highest BCUT2D eigenvalue weighted by Crippen LogP contribution is 2.41. The number of nitrogens with one attached hydrogen (secondary N) is 2. The molecule has 13 nitrogen and oxygen atoms in total. The number of carboxylic acid groups (broad SMARTS) is 1. The van der Waals surface area contributed by atoms with Crippen molar-refractivity contribution in [3.05, 3.63) is 47.3 Å². The number of nitrogens with two attached hydrogens (primary N) is 1. The maximum absolute atomic E-state index is 12.9. The minimum Gasteiger partial charge on any atom is -0.477 e. The van der Waals surface area contributed by atoms with E-state index in [-0.39, 0.29) is 18.1 Å². The number of aliphatic carboxylic acids is 1. The molecule has 0 saturated carbocycles. The third-order valence-electron chi connectivity index (χ3n) is 5.33. The van der Waals surface area contributed by atoms with Crippen LogP contribution in [0.15, 0.2) is 46.8 Å². The van der Waals surface area contributed by atoms with E-state index in [4.69, 9.17) is 15.2 Å². The lowest BCUT2D eigenvalue weighted by atomic mass is 10.0. The quantitative estimate of drug-likeness (QED) is 0.154. The van der Waals surface area contributed by atoms with Gasteiger partial charge in [0.25, 0.3) is 5.91 Å². The van der Waals surface area contributed by atoms with Crippen LogP contribution in [0.1, 0.15) is 18.5 Å². The van der Waals surface area contributed by atoms with Crippen LogP contribution < -0.4 is 15.8 Å². The number of ether oxygens (including phenoxy) is 2. The lowest BCUT2D eigenvalue weighted by Crippen LogP contribution is -2.71. The van der Waals surface area contributed by atoms with E-state index >= 15 is 0 Å². The first-order valence-corrected chi connectivity index (χ1v) is 12.7. The number of carbonyl (C=O) groups is 4. The fourth-order valence-corrected chi connectivity index (χ4v) is 5.87. The Morgan fingerprint density at radius 2 is 2.11 bits per heavy atom. The van der Waals surface area contributed by atoms with Crippen molar-refractivity contribution in [2.75, 3.05) is 18.1 Å². The van der Waals surface area contributed by atoms with Gasteiger partial charge < -0.3 is 25.6 Å². The molecule has 5 N–H and O–H groups in total. The fourth-order valence-electron chi connectivity index (χ4n) is 3.60. The summed E-state index contributed by atoms with van der Waals surface area (Å²) in [5, 5.41) is 22.5. The van der Waals surface area contributed by atoms with Crippen molar-refractivity contribution in [2.45, 2.75) is 29.4 Å². The van der Waals surface area contributed by atoms with E-state index in [0.29, 0.717) is 27.7 Å². The van der Waals surface area contributed by atoms with Crippen LogP contribution in [-0.4, -0.2) is 78.9 Å².